The normalized spacial score (nSPS) is 32.4. The summed E-state index contributed by atoms with van der Waals surface area (Å²) in [4.78, 5) is 46.1. The first-order chi connectivity index (χ1) is 30.4. The summed E-state index contributed by atoms with van der Waals surface area (Å²) in [6.45, 7) is 13.0. The zero-order valence-corrected chi connectivity index (χ0v) is 37.4. The summed E-state index contributed by atoms with van der Waals surface area (Å²) in [5.41, 5.74) is 1.57. The summed E-state index contributed by atoms with van der Waals surface area (Å²) in [6.07, 6.45) is 9.30. The van der Waals surface area contributed by atoms with E-state index in [-0.39, 0.29) is 38.3 Å². The zero-order valence-electron chi connectivity index (χ0n) is 37.4. The number of rotatable bonds is 4. The van der Waals surface area contributed by atoms with Gasteiger partial charge in [-0.1, -0.05) is 51.8 Å². The van der Waals surface area contributed by atoms with Gasteiger partial charge in [-0.05, 0) is 55.9 Å². The molecule has 0 radical (unpaired) electrons. The molecule has 64 heavy (non-hydrogen) atoms. The van der Waals surface area contributed by atoms with Crippen molar-refractivity contribution in [1.82, 2.24) is 14.4 Å². The Labute approximate surface area is 371 Å². The van der Waals surface area contributed by atoms with Crippen LogP contribution in [0, 0.1) is 35.5 Å². The van der Waals surface area contributed by atoms with E-state index in [9.17, 15) is 34.8 Å². The molecule has 3 aromatic rings. The molecule has 1 aromatic carbocycles. The molecule has 10 atom stereocenters. The number of ketones is 1. The molecule has 340 valence electrons. The molecule has 7 rings (SSSR count). The van der Waals surface area contributed by atoms with Crippen LogP contribution in [-0.4, -0.2) is 115 Å². The number of aliphatic hydroxyl groups is 3. The molecule has 1 aliphatic carbocycles. The Balaban J connectivity index is 1.43. The van der Waals surface area contributed by atoms with E-state index < -0.39 is 89.1 Å². The Morgan fingerprint density at radius 3 is 2.48 bits per heavy atom. The molecule has 2 aromatic heterocycles. The number of carbonyl (C=O) groups is 3. The van der Waals surface area contributed by atoms with Crippen molar-refractivity contribution in [1.29, 1.82) is 0 Å². The Bertz CT molecular complexity index is 2670. The first-order valence-electron chi connectivity index (χ1n) is 21.7. The van der Waals surface area contributed by atoms with Crippen LogP contribution < -0.4 is 15.8 Å². The van der Waals surface area contributed by atoms with Crippen LogP contribution >= 0.6 is 0 Å². The minimum atomic E-state index is -1.98. The molecule has 0 spiro atoms. The highest BCUT2D eigenvalue weighted by Crippen LogP contribution is 2.37. The Morgan fingerprint density at radius 2 is 1.78 bits per heavy atom. The number of allylic oxidation sites excluding steroid dienone is 2. The number of nitrogens with zero attached hydrogens (tertiary/aromatic N) is 4. The van der Waals surface area contributed by atoms with Crippen LogP contribution in [0.5, 0.6) is 5.75 Å². The first kappa shape index (κ1) is 46.0. The van der Waals surface area contributed by atoms with Gasteiger partial charge < -0.3 is 44.7 Å². The number of hydrogen-bond donors (Lipinski definition) is 5. The van der Waals surface area contributed by atoms with Gasteiger partial charge in [-0.15, -0.1) is 0 Å². The van der Waals surface area contributed by atoms with E-state index in [0.717, 1.165) is 37.9 Å². The minimum absolute atomic E-state index is 0.0330. The predicted molar refractivity (Wildman–Crippen MR) is 239 cm³/mol. The number of esters is 1. The number of anilines is 1. The lowest BCUT2D eigenvalue weighted by molar-refractivity contribution is -0.183. The largest absolute Gasteiger partial charge is 0.505 e. The molecule has 5 N–H and O–H groups in total. The van der Waals surface area contributed by atoms with Gasteiger partial charge in [0, 0.05) is 74.7 Å². The molecule has 1 unspecified atom stereocenters. The van der Waals surface area contributed by atoms with Crippen LogP contribution in [0.2, 0.25) is 0 Å². The second-order valence-electron chi connectivity index (χ2n) is 17.4. The molecule has 16 nitrogen and oxygen atoms in total. The zero-order chi connectivity index (χ0) is 46.2. The summed E-state index contributed by atoms with van der Waals surface area (Å²) in [6, 6.07) is 3.60. The van der Waals surface area contributed by atoms with Gasteiger partial charge >= 0.3 is 5.97 Å². The van der Waals surface area contributed by atoms with Crippen molar-refractivity contribution in [2.24, 2.45) is 28.8 Å². The summed E-state index contributed by atoms with van der Waals surface area (Å²) in [5.74, 6) is -1.98. The van der Waals surface area contributed by atoms with Crippen molar-refractivity contribution < 1.29 is 53.8 Å². The SMILES string of the molecule is CO[C@H]1/C=C/O[C@@]2(C)OC3C#CC(O)=c4c(O)c(c5c(nc6cc(/C=N/N7CCCCC7)ccn65)c4=C3C2=O)NC(=O)/C(C)=C\C=C\[C@H](C)[C@H](O)[C@@H](C)[C@@H](O)[C@@H](C)[C@H](OC(C)=O)[C@@H]1C. The van der Waals surface area contributed by atoms with Crippen molar-refractivity contribution in [2.75, 3.05) is 25.5 Å². The molecule has 1 amide bonds. The third-order valence-electron chi connectivity index (χ3n) is 12.8. The number of ether oxygens (including phenoxy) is 4. The van der Waals surface area contributed by atoms with Gasteiger partial charge in [0.15, 0.2) is 17.6 Å². The van der Waals surface area contributed by atoms with Crippen LogP contribution in [0.15, 0.2) is 59.6 Å². The van der Waals surface area contributed by atoms with Gasteiger partial charge in [0.1, 0.15) is 28.5 Å². The second kappa shape index (κ2) is 18.6. The number of phenols is 1. The number of imidazole rings is 1. The number of hydrogen-bond acceptors (Lipinski definition) is 14. The van der Waals surface area contributed by atoms with Crippen LogP contribution in [-0.2, 0) is 33.3 Å². The number of benzene rings is 1. The van der Waals surface area contributed by atoms with E-state index >= 15 is 0 Å². The Hall–Kier alpha value is -5.99. The lowest BCUT2D eigenvalue weighted by Crippen LogP contribution is -2.46. The molecular weight excluding hydrogens is 823 g/mol. The standard InChI is InChI=1S/C48H57N5O11/c1-25-13-12-14-26(2)47(60)51-40-41-39(50-35-23-31(17-21-53(35)41)24-49-52-19-10-9-11-20-52)38-36(44(40)58)32(55)15-16-34-37(38)46(59)48(7,64-34)62-22-18-33(61-8)27(3)45(63-30(6)54)29(5)43(57)28(4)42(25)56/h12-14,17-18,21-25,27-29,33-34,42-43,45,55-58H,9-11,19-20H2,1-8H3,(H,51,60)/b13-12+,22-18+,26-14-,49-24+/t25-,27+,28+,29+,33-,34?,42-,43+,45+,48-/m0/s1. The van der Waals surface area contributed by atoms with Gasteiger partial charge in [-0.3, -0.25) is 23.8 Å². The van der Waals surface area contributed by atoms with Crippen molar-refractivity contribution in [2.45, 2.75) is 104 Å². The van der Waals surface area contributed by atoms with Gasteiger partial charge in [0.2, 0.25) is 5.78 Å². The van der Waals surface area contributed by atoms with Crippen LogP contribution in [0.25, 0.3) is 28.0 Å². The average molecular weight is 880 g/mol. The van der Waals surface area contributed by atoms with E-state index in [1.807, 2.05) is 11.1 Å². The van der Waals surface area contributed by atoms with Gasteiger partial charge in [0.05, 0.1) is 41.6 Å². The number of aromatic nitrogens is 2. The minimum Gasteiger partial charge on any atom is -0.505 e. The summed E-state index contributed by atoms with van der Waals surface area (Å²) in [7, 11) is 1.46. The van der Waals surface area contributed by atoms with Crippen molar-refractivity contribution in [3.8, 4) is 17.6 Å². The molecule has 2 fully saturated rings. The van der Waals surface area contributed by atoms with Crippen LogP contribution in [0.3, 0.4) is 0 Å². The molecule has 5 heterocycles. The fraction of sp³-hybridized carbons (Fsp3) is 0.479. The number of aliphatic hydroxyl groups excluding tert-OH is 3. The number of piperidine rings is 1. The van der Waals surface area contributed by atoms with Gasteiger partial charge in [-0.2, -0.15) is 5.10 Å². The topological polar surface area (TPSA) is 214 Å². The number of Topliss-reactive ketones (excluding diaryl/α,β-unsaturated/α-hetero) is 1. The number of hydrazone groups is 1. The summed E-state index contributed by atoms with van der Waals surface area (Å²) in [5, 5.41) is 56.0. The average Bonchev–Trinajstić information content (AvgIpc) is 3.72. The molecule has 4 aliphatic rings. The Morgan fingerprint density at radius 1 is 1.05 bits per heavy atom. The number of fused-ring (bicyclic) bond motifs is 2. The summed E-state index contributed by atoms with van der Waals surface area (Å²) < 4.78 is 25.6. The number of phenolic OH excluding ortho intramolecular Hbond substituents is 1. The number of methoxy groups -OCH3 is 1. The van der Waals surface area contributed by atoms with Crippen molar-refractivity contribution >= 4 is 57.6 Å². The van der Waals surface area contributed by atoms with E-state index in [2.05, 4.69) is 22.3 Å². The van der Waals surface area contributed by atoms with E-state index in [0.29, 0.717) is 5.65 Å². The van der Waals surface area contributed by atoms with Crippen molar-refractivity contribution in [3.63, 3.8) is 0 Å². The molecule has 3 aliphatic heterocycles. The fourth-order valence-corrected chi connectivity index (χ4v) is 9.02. The maximum absolute atomic E-state index is 14.7. The maximum atomic E-state index is 14.7. The maximum Gasteiger partial charge on any atom is 0.302 e. The number of aromatic hydroxyl groups is 1. The number of nitrogens with one attached hydrogen (secondary N) is 1. The van der Waals surface area contributed by atoms with E-state index in [4.69, 9.17) is 23.9 Å². The third kappa shape index (κ3) is 8.77. The lowest BCUT2D eigenvalue weighted by atomic mass is 9.78. The number of pyridine rings is 1. The van der Waals surface area contributed by atoms with Crippen LogP contribution in [0.1, 0.15) is 73.3 Å². The van der Waals surface area contributed by atoms with Gasteiger partial charge in [-0.25, -0.2) is 4.98 Å². The Kier molecular flexibility index (Phi) is 13.4. The second-order valence-corrected chi connectivity index (χ2v) is 17.4. The highest BCUT2D eigenvalue weighted by molar-refractivity contribution is 6.24. The molecule has 16 heteroatoms. The monoisotopic (exact) mass is 879 g/mol. The quantitative estimate of drug-likeness (QED) is 0.110. The predicted octanol–water partition coefficient (Wildman–Crippen LogP) is 3.73. The molecule has 0 saturated carbocycles. The smallest absolute Gasteiger partial charge is 0.302 e. The summed E-state index contributed by atoms with van der Waals surface area (Å²) >= 11 is 0. The lowest BCUT2D eigenvalue weighted by Gasteiger charge is -2.38. The van der Waals surface area contributed by atoms with Gasteiger partial charge in [0.25, 0.3) is 11.7 Å². The van der Waals surface area contributed by atoms with Crippen molar-refractivity contribution in [3.05, 3.63) is 70.5 Å². The molecule has 4 bridgehead atoms. The number of carbonyl (C=O) groups excluding carboxylic acids is 3. The van der Waals surface area contributed by atoms with Crippen LogP contribution in [0.4, 0.5) is 5.69 Å². The highest BCUT2D eigenvalue weighted by Gasteiger charge is 2.51. The van der Waals surface area contributed by atoms with E-state index in [1.165, 1.54) is 33.3 Å². The highest BCUT2D eigenvalue weighted by atomic mass is 16.7. The molecule has 2 saturated heterocycles. The fourth-order valence-electron chi connectivity index (χ4n) is 9.02. The third-order valence-corrected chi connectivity index (χ3v) is 12.8. The molecular formula is C48H57N5O11. The first-order valence-corrected chi connectivity index (χ1v) is 21.7. The number of amides is 1. The van der Waals surface area contributed by atoms with E-state index in [1.54, 1.807) is 75.7 Å².